The highest BCUT2D eigenvalue weighted by molar-refractivity contribution is 9.10. The Kier molecular flexibility index (Phi) is 5.40. The maximum atomic E-state index is 12.2. The van der Waals surface area contributed by atoms with Crippen molar-refractivity contribution < 1.29 is 4.79 Å². The Morgan fingerprint density at radius 3 is 2.40 bits per heavy atom. The van der Waals surface area contributed by atoms with Gasteiger partial charge in [0.25, 0.3) is 5.91 Å². The lowest BCUT2D eigenvalue weighted by Crippen LogP contribution is -2.13. The second-order valence-electron chi connectivity index (χ2n) is 5.44. The highest BCUT2D eigenvalue weighted by atomic mass is 79.9. The molecule has 0 aliphatic rings. The van der Waals surface area contributed by atoms with Gasteiger partial charge in [0.15, 0.2) is 0 Å². The Bertz CT molecular complexity index is 863. The number of carbonyl (C=O) groups is 1. The summed E-state index contributed by atoms with van der Waals surface area (Å²) in [6.45, 7) is 2.11. The van der Waals surface area contributed by atoms with Gasteiger partial charge < -0.3 is 10.6 Å². The van der Waals surface area contributed by atoms with Crippen molar-refractivity contribution in [1.82, 2.24) is 9.97 Å². The topological polar surface area (TPSA) is 66.9 Å². The highest BCUT2D eigenvalue weighted by Crippen LogP contribution is 2.17. The van der Waals surface area contributed by atoms with Crippen LogP contribution in [0.3, 0.4) is 0 Å². The fourth-order valence-electron chi connectivity index (χ4n) is 2.23. The molecule has 0 saturated heterocycles. The van der Waals surface area contributed by atoms with Gasteiger partial charge in [-0.3, -0.25) is 4.79 Å². The van der Waals surface area contributed by atoms with Gasteiger partial charge in [0.05, 0.1) is 5.56 Å². The summed E-state index contributed by atoms with van der Waals surface area (Å²) in [7, 11) is 0. The van der Waals surface area contributed by atoms with Crippen LogP contribution in [-0.4, -0.2) is 15.9 Å². The number of nitrogens with zero attached hydrogens (tertiary/aromatic N) is 2. The van der Waals surface area contributed by atoms with Crippen molar-refractivity contribution in [3.05, 3.63) is 76.5 Å². The predicted molar refractivity (Wildman–Crippen MR) is 103 cm³/mol. The third-order valence-electron chi connectivity index (χ3n) is 3.61. The highest BCUT2D eigenvalue weighted by Gasteiger charge is 2.08. The maximum Gasteiger partial charge on any atom is 0.258 e. The third kappa shape index (κ3) is 4.64. The lowest BCUT2D eigenvalue weighted by Gasteiger charge is -2.07. The molecular weight excluding hydrogens is 380 g/mol. The molecule has 3 aromatic rings. The van der Waals surface area contributed by atoms with E-state index in [2.05, 4.69) is 55.6 Å². The molecule has 0 saturated carbocycles. The minimum absolute atomic E-state index is 0.253. The van der Waals surface area contributed by atoms with E-state index in [4.69, 9.17) is 0 Å². The van der Waals surface area contributed by atoms with E-state index in [1.165, 1.54) is 18.0 Å². The zero-order chi connectivity index (χ0) is 17.6. The summed E-state index contributed by atoms with van der Waals surface area (Å²) >= 11 is 3.37. The van der Waals surface area contributed by atoms with Crippen molar-refractivity contribution in [2.75, 3.05) is 10.6 Å². The fraction of sp³-hybridized carbons (Fsp3) is 0.105. The number of anilines is 3. The van der Waals surface area contributed by atoms with E-state index >= 15 is 0 Å². The smallest absolute Gasteiger partial charge is 0.258 e. The van der Waals surface area contributed by atoms with Crippen LogP contribution in [0, 0.1) is 0 Å². The van der Waals surface area contributed by atoms with Crippen LogP contribution in [-0.2, 0) is 6.42 Å². The SMILES string of the molecule is CCc1ccc(Nc2ncc(C(=O)Nc3cccc(Br)c3)cn2)cc1. The van der Waals surface area contributed by atoms with E-state index in [0.29, 0.717) is 17.2 Å². The molecule has 0 bridgehead atoms. The zero-order valence-electron chi connectivity index (χ0n) is 13.7. The molecule has 0 radical (unpaired) electrons. The van der Waals surface area contributed by atoms with Crippen molar-refractivity contribution in [2.45, 2.75) is 13.3 Å². The van der Waals surface area contributed by atoms with Crippen molar-refractivity contribution in [2.24, 2.45) is 0 Å². The second-order valence-corrected chi connectivity index (χ2v) is 6.35. The fourth-order valence-corrected chi connectivity index (χ4v) is 2.63. The standard InChI is InChI=1S/C19H17BrN4O/c1-2-13-6-8-16(9-7-13)24-19-21-11-14(12-22-19)18(25)23-17-5-3-4-15(20)10-17/h3-12H,2H2,1H3,(H,23,25)(H,21,22,24). The number of benzene rings is 2. The van der Waals surface area contributed by atoms with Gasteiger partial charge in [-0.15, -0.1) is 0 Å². The molecule has 0 spiro atoms. The Balaban J connectivity index is 1.65. The first-order valence-corrected chi connectivity index (χ1v) is 8.68. The monoisotopic (exact) mass is 396 g/mol. The minimum atomic E-state index is -0.253. The summed E-state index contributed by atoms with van der Waals surface area (Å²) in [5, 5.41) is 5.93. The molecule has 0 aliphatic carbocycles. The van der Waals surface area contributed by atoms with Crippen LogP contribution in [0.2, 0.25) is 0 Å². The number of nitrogens with one attached hydrogen (secondary N) is 2. The van der Waals surface area contributed by atoms with Gasteiger partial charge >= 0.3 is 0 Å². The number of hydrogen-bond acceptors (Lipinski definition) is 4. The quantitative estimate of drug-likeness (QED) is 0.649. The Hall–Kier alpha value is -2.73. The van der Waals surface area contributed by atoms with E-state index in [0.717, 1.165) is 16.6 Å². The molecule has 6 heteroatoms. The molecule has 0 atom stereocenters. The lowest BCUT2D eigenvalue weighted by atomic mass is 10.1. The largest absolute Gasteiger partial charge is 0.324 e. The van der Waals surface area contributed by atoms with E-state index in [-0.39, 0.29) is 5.91 Å². The average Bonchev–Trinajstić information content (AvgIpc) is 2.63. The van der Waals surface area contributed by atoms with E-state index in [1.807, 2.05) is 36.4 Å². The summed E-state index contributed by atoms with van der Waals surface area (Å²) in [4.78, 5) is 20.6. The van der Waals surface area contributed by atoms with Crippen molar-refractivity contribution in [1.29, 1.82) is 0 Å². The van der Waals surface area contributed by atoms with Crippen molar-refractivity contribution >= 4 is 39.2 Å². The summed E-state index contributed by atoms with van der Waals surface area (Å²) in [6, 6.07) is 15.5. The maximum absolute atomic E-state index is 12.2. The van der Waals surface area contributed by atoms with Gasteiger partial charge in [0.1, 0.15) is 0 Å². The number of aryl methyl sites for hydroxylation is 1. The van der Waals surface area contributed by atoms with E-state index < -0.39 is 0 Å². The number of amides is 1. The third-order valence-corrected chi connectivity index (χ3v) is 4.11. The molecule has 2 aromatic carbocycles. The van der Waals surface area contributed by atoms with Crippen LogP contribution in [0.25, 0.3) is 0 Å². The number of hydrogen-bond donors (Lipinski definition) is 2. The minimum Gasteiger partial charge on any atom is -0.324 e. The first-order valence-electron chi connectivity index (χ1n) is 7.89. The van der Waals surface area contributed by atoms with Gasteiger partial charge in [-0.05, 0) is 42.3 Å². The summed E-state index contributed by atoms with van der Waals surface area (Å²) in [5.41, 5.74) is 3.28. The molecule has 25 heavy (non-hydrogen) atoms. The lowest BCUT2D eigenvalue weighted by molar-refractivity contribution is 0.102. The molecule has 1 amide bonds. The molecule has 5 nitrogen and oxygen atoms in total. The normalized spacial score (nSPS) is 10.3. The van der Waals surface area contributed by atoms with Crippen LogP contribution in [0.1, 0.15) is 22.8 Å². The van der Waals surface area contributed by atoms with E-state index in [1.54, 1.807) is 0 Å². The zero-order valence-corrected chi connectivity index (χ0v) is 15.2. The molecule has 0 aliphatic heterocycles. The van der Waals surface area contributed by atoms with Crippen LogP contribution in [0.4, 0.5) is 17.3 Å². The summed E-state index contributed by atoms with van der Waals surface area (Å²) < 4.78 is 0.898. The van der Waals surface area contributed by atoms with Crippen LogP contribution in [0.15, 0.2) is 65.4 Å². The van der Waals surface area contributed by atoms with Crippen LogP contribution in [0.5, 0.6) is 0 Å². The van der Waals surface area contributed by atoms with Gasteiger partial charge in [-0.25, -0.2) is 9.97 Å². The molecule has 2 N–H and O–H groups in total. The van der Waals surface area contributed by atoms with Gasteiger partial charge in [-0.1, -0.05) is 41.1 Å². The van der Waals surface area contributed by atoms with Gasteiger partial charge in [0, 0.05) is 28.2 Å². The molecule has 1 heterocycles. The molecule has 0 fully saturated rings. The Morgan fingerprint density at radius 2 is 1.76 bits per heavy atom. The molecule has 3 rings (SSSR count). The second kappa shape index (κ2) is 7.90. The predicted octanol–water partition coefficient (Wildman–Crippen LogP) is 4.80. The number of carbonyl (C=O) groups excluding carboxylic acids is 1. The first kappa shape index (κ1) is 17.1. The number of aromatic nitrogens is 2. The summed E-state index contributed by atoms with van der Waals surface area (Å²) in [5.74, 6) is 0.195. The van der Waals surface area contributed by atoms with Gasteiger partial charge in [-0.2, -0.15) is 0 Å². The van der Waals surface area contributed by atoms with E-state index in [9.17, 15) is 4.79 Å². The van der Waals surface area contributed by atoms with Crippen molar-refractivity contribution in [3.63, 3.8) is 0 Å². The van der Waals surface area contributed by atoms with Crippen LogP contribution >= 0.6 is 15.9 Å². The molecule has 126 valence electrons. The Labute approximate surface area is 154 Å². The number of rotatable bonds is 5. The summed E-state index contributed by atoms with van der Waals surface area (Å²) in [6.07, 6.45) is 4.00. The van der Waals surface area contributed by atoms with Gasteiger partial charge in [0.2, 0.25) is 5.95 Å². The van der Waals surface area contributed by atoms with Crippen molar-refractivity contribution in [3.8, 4) is 0 Å². The first-order chi connectivity index (χ1) is 12.1. The van der Waals surface area contributed by atoms with Crippen LogP contribution < -0.4 is 10.6 Å². The average molecular weight is 397 g/mol. The molecular formula is C19H17BrN4O. The number of halogens is 1. The molecule has 1 aromatic heterocycles. The Morgan fingerprint density at radius 1 is 1.04 bits per heavy atom. The molecule has 0 unspecified atom stereocenters.